The molecule has 108 valence electrons. The average molecular weight is 302 g/mol. The Hall–Kier alpha value is -2.15. The quantitative estimate of drug-likeness (QED) is 0.782. The van der Waals surface area contributed by atoms with Crippen LogP contribution in [0.5, 0.6) is 0 Å². The molecule has 21 heavy (non-hydrogen) atoms. The summed E-state index contributed by atoms with van der Waals surface area (Å²) < 4.78 is 1.13. The number of thiazole rings is 1. The number of rotatable bonds is 1. The molecule has 6 nitrogen and oxygen atoms in total. The number of benzene rings is 1. The van der Waals surface area contributed by atoms with E-state index < -0.39 is 11.6 Å². The molecule has 2 fully saturated rings. The number of hydrogen-bond acceptors (Lipinski definition) is 5. The highest BCUT2D eigenvalue weighted by atomic mass is 32.1. The van der Waals surface area contributed by atoms with Gasteiger partial charge in [-0.15, -0.1) is 0 Å². The highest BCUT2D eigenvalue weighted by molar-refractivity contribution is 7.22. The SMILES string of the molecule is O=C1NC(=O)C2(CCCN(c3nc4ccccc4s3)C2)N1. The third-order valence-corrected chi connectivity index (χ3v) is 5.16. The molecule has 7 heteroatoms. The van der Waals surface area contributed by atoms with Gasteiger partial charge in [-0.3, -0.25) is 10.1 Å². The van der Waals surface area contributed by atoms with E-state index in [1.807, 2.05) is 24.3 Å². The number of nitrogens with one attached hydrogen (secondary N) is 2. The van der Waals surface area contributed by atoms with Crippen LogP contribution in [0.25, 0.3) is 10.2 Å². The molecule has 2 aliphatic heterocycles. The van der Waals surface area contributed by atoms with Crippen molar-refractivity contribution in [2.24, 2.45) is 0 Å². The van der Waals surface area contributed by atoms with Crippen molar-refractivity contribution in [1.29, 1.82) is 0 Å². The first kappa shape index (κ1) is 12.6. The molecule has 1 atom stereocenters. The Bertz CT molecular complexity index is 710. The van der Waals surface area contributed by atoms with Gasteiger partial charge in [-0.05, 0) is 25.0 Å². The Balaban J connectivity index is 1.66. The number of nitrogens with zero attached hydrogens (tertiary/aromatic N) is 2. The van der Waals surface area contributed by atoms with E-state index in [1.165, 1.54) is 0 Å². The maximum atomic E-state index is 12.1. The van der Waals surface area contributed by atoms with Crippen LogP contribution < -0.4 is 15.5 Å². The van der Waals surface area contributed by atoms with Crippen molar-refractivity contribution < 1.29 is 9.59 Å². The second-order valence-corrected chi connectivity index (χ2v) is 6.49. The molecule has 1 unspecified atom stereocenters. The number of imide groups is 1. The van der Waals surface area contributed by atoms with Crippen LogP contribution in [-0.4, -0.2) is 35.6 Å². The molecular formula is C14H14N4O2S. The lowest BCUT2D eigenvalue weighted by Gasteiger charge is -2.37. The molecule has 2 N–H and O–H groups in total. The second kappa shape index (κ2) is 4.42. The minimum absolute atomic E-state index is 0.224. The summed E-state index contributed by atoms with van der Waals surface area (Å²) in [7, 11) is 0. The van der Waals surface area contributed by atoms with Crippen LogP contribution in [0, 0.1) is 0 Å². The molecule has 3 amide bonds. The first-order chi connectivity index (χ1) is 10.2. The van der Waals surface area contributed by atoms with Crippen molar-refractivity contribution in [2.45, 2.75) is 18.4 Å². The summed E-state index contributed by atoms with van der Waals surface area (Å²) in [6.07, 6.45) is 1.52. The van der Waals surface area contributed by atoms with E-state index in [2.05, 4.69) is 20.5 Å². The van der Waals surface area contributed by atoms with Gasteiger partial charge in [0, 0.05) is 6.54 Å². The molecule has 0 bridgehead atoms. The smallest absolute Gasteiger partial charge is 0.322 e. The fourth-order valence-electron chi connectivity index (χ4n) is 3.03. The summed E-state index contributed by atoms with van der Waals surface area (Å²) in [5, 5.41) is 6.04. The molecular weight excluding hydrogens is 288 g/mol. The third kappa shape index (κ3) is 1.96. The summed E-state index contributed by atoms with van der Waals surface area (Å²) in [6, 6.07) is 7.59. The van der Waals surface area contributed by atoms with Crippen LogP contribution in [0.3, 0.4) is 0 Å². The van der Waals surface area contributed by atoms with Gasteiger partial charge in [-0.25, -0.2) is 9.78 Å². The van der Waals surface area contributed by atoms with Gasteiger partial charge in [0.15, 0.2) is 5.13 Å². The lowest BCUT2D eigenvalue weighted by Crippen LogP contribution is -2.58. The predicted octanol–water partition coefficient (Wildman–Crippen LogP) is 1.47. The van der Waals surface area contributed by atoms with Crippen LogP contribution >= 0.6 is 11.3 Å². The number of aromatic nitrogens is 1. The summed E-state index contributed by atoms with van der Waals surface area (Å²) in [5.41, 5.74) is 0.171. The monoisotopic (exact) mass is 302 g/mol. The van der Waals surface area contributed by atoms with E-state index in [0.717, 1.165) is 28.3 Å². The highest BCUT2D eigenvalue weighted by Gasteiger charge is 2.49. The zero-order valence-corrected chi connectivity index (χ0v) is 12.1. The number of piperidine rings is 1. The Morgan fingerprint density at radius 3 is 2.90 bits per heavy atom. The van der Waals surface area contributed by atoms with Crippen molar-refractivity contribution in [3.63, 3.8) is 0 Å². The lowest BCUT2D eigenvalue weighted by atomic mass is 9.89. The molecule has 1 aromatic heterocycles. The van der Waals surface area contributed by atoms with E-state index in [4.69, 9.17) is 0 Å². The van der Waals surface area contributed by atoms with E-state index in [0.29, 0.717) is 13.0 Å². The standard InChI is InChI=1S/C14H14N4O2S/c19-11-14(17-12(20)16-11)6-3-7-18(8-14)13-15-9-4-1-2-5-10(9)21-13/h1-2,4-5H,3,6-8H2,(H2,16,17,19,20). The number of carbonyl (C=O) groups is 2. The molecule has 2 aromatic rings. The number of carbonyl (C=O) groups excluding carboxylic acids is 2. The lowest BCUT2D eigenvalue weighted by molar-refractivity contribution is -0.124. The molecule has 2 aliphatic rings. The summed E-state index contributed by atoms with van der Waals surface area (Å²) in [6.45, 7) is 1.33. The fraction of sp³-hybridized carbons (Fsp3) is 0.357. The van der Waals surface area contributed by atoms with Crippen LogP contribution in [0.2, 0.25) is 0 Å². The van der Waals surface area contributed by atoms with Crippen molar-refractivity contribution in [3.8, 4) is 0 Å². The van der Waals surface area contributed by atoms with Gasteiger partial charge in [-0.1, -0.05) is 23.5 Å². The van der Waals surface area contributed by atoms with Gasteiger partial charge in [0.2, 0.25) is 0 Å². The van der Waals surface area contributed by atoms with Gasteiger partial charge in [0.1, 0.15) is 5.54 Å². The van der Waals surface area contributed by atoms with Crippen molar-refractivity contribution in [3.05, 3.63) is 24.3 Å². The van der Waals surface area contributed by atoms with E-state index in [9.17, 15) is 9.59 Å². The van der Waals surface area contributed by atoms with Crippen molar-refractivity contribution in [1.82, 2.24) is 15.6 Å². The van der Waals surface area contributed by atoms with Crippen LogP contribution in [0.1, 0.15) is 12.8 Å². The van der Waals surface area contributed by atoms with Gasteiger partial charge in [-0.2, -0.15) is 0 Å². The maximum Gasteiger partial charge on any atom is 0.322 e. The van der Waals surface area contributed by atoms with Crippen LogP contribution in [-0.2, 0) is 4.79 Å². The van der Waals surface area contributed by atoms with Crippen molar-refractivity contribution in [2.75, 3.05) is 18.0 Å². The third-order valence-electron chi connectivity index (χ3n) is 4.06. The van der Waals surface area contributed by atoms with Gasteiger partial charge in [0.25, 0.3) is 5.91 Å². The van der Waals surface area contributed by atoms with E-state index in [-0.39, 0.29) is 5.91 Å². The second-order valence-electron chi connectivity index (χ2n) is 5.48. The van der Waals surface area contributed by atoms with Crippen molar-refractivity contribution >= 4 is 38.6 Å². The number of urea groups is 1. The Morgan fingerprint density at radius 2 is 2.14 bits per heavy atom. The number of amides is 3. The number of para-hydroxylation sites is 1. The molecule has 1 aromatic carbocycles. The average Bonchev–Trinajstić information content (AvgIpc) is 3.01. The Labute approximate surface area is 125 Å². The van der Waals surface area contributed by atoms with E-state index in [1.54, 1.807) is 11.3 Å². The highest BCUT2D eigenvalue weighted by Crippen LogP contribution is 2.33. The maximum absolute atomic E-state index is 12.1. The minimum atomic E-state index is -0.798. The topological polar surface area (TPSA) is 74.3 Å². The van der Waals surface area contributed by atoms with Gasteiger partial charge < -0.3 is 10.2 Å². The molecule has 0 radical (unpaired) electrons. The molecule has 1 spiro atoms. The molecule has 4 rings (SSSR count). The number of anilines is 1. The molecule has 3 heterocycles. The fourth-order valence-corrected chi connectivity index (χ4v) is 4.02. The van der Waals surface area contributed by atoms with Gasteiger partial charge in [0.05, 0.1) is 16.8 Å². The number of fused-ring (bicyclic) bond motifs is 1. The summed E-state index contributed by atoms with van der Waals surface area (Å²) >= 11 is 1.62. The van der Waals surface area contributed by atoms with E-state index >= 15 is 0 Å². The summed E-state index contributed by atoms with van der Waals surface area (Å²) in [4.78, 5) is 30.2. The zero-order chi connectivity index (χ0) is 14.4. The Morgan fingerprint density at radius 1 is 1.29 bits per heavy atom. The first-order valence-corrected chi connectivity index (χ1v) is 7.72. The van der Waals surface area contributed by atoms with Gasteiger partial charge >= 0.3 is 6.03 Å². The summed E-state index contributed by atoms with van der Waals surface area (Å²) in [5.74, 6) is -0.224. The Kier molecular flexibility index (Phi) is 2.65. The molecule has 0 saturated carbocycles. The zero-order valence-electron chi connectivity index (χ0n) is 11.3. The van der Waals surface area contributed by atoms with Crippen LogP contribution in [0.15, 0.2) is 24.3 Å². The molecule has 0 aliphatic carbocycles. The molecule has 2 saturated heterocycles. The normalized spacial score (nSPS) is 25.4. The first-order valence-electron chi connectivity index (χ1n) is 6.90. The predicted molar refractivity (Wildman–Crippen MR) is 80.5 cm³/mol. The minimum Gasteiger partial charge on any atom is -0.345 e. The largest absolute Gasteiger partial charge is 0.345 e. The number of hydrogen-bond donors (Lipinski definition) is 2. The van der Waals surface area contributed by atoms with Crippen LogP contribution in [0.4, 0.5) is 9.93 Å².